The summed E-state index contributed by atoms with van der Waals surface area (Å²) in [4.78, 5) is 0.953. The second-order valence-electron chi connectivity index (χ2n) is 7.17. The molecule has 0 amide bonds. The first kappa shape index (κ1) is 20.9. The van der Waals surface area contributed by atoms with Crippen LogP contribution in [0.15, 0.2) is 75.6 Å². The third-order valence-corrected chi connectivity index (χ3v) is 6.94. The van der Waals surface area contributed by atoms with Crippen molar-refractivity contribution in [3.05, 3.63) is 82.5 Å². The molecule has 32 heavy (non-hydrogen) atoms. The fourth-order valence-corrected chi connectivity index (χ4v) is 4.91. The Balaban J connectivity index is 1.51. The Hall–Kier alpha value is -2.94. The standard InChI is InChI=1S/C23H18ClN5OS2/c1-14-5-3-6-18(13-14)29-20(16-8-10-17(24)11-9-16)25-28-23(29)32-15(2)21-26-27-22(30-21)19-7-4-12-31-19/h3-13,15H,1-2H3. The van der Waals surface area contributed by atoms with E-state index in [0.29, 0.717) is 16.8 Å². The summed E-state index contributed by atoms with van der Waals surface area (Å²) < 4.78 is 7.98. The average Bonchev–Trinajstić information content (AvgIpc) is 3.54. The van der Waals surface area contributed by atoms with Gasteiger partial charge in [-0.1, -0.05) is 41.6 Å². The highest BCUT2D eigenvalue weighted by Gasteiger charge is 2.22. The van der Waals surface area contributed by atoms with Crippen LogP contribution >= 0.6 is 34.7 Å². The summed E-state index contributed by atoms with van der Waals surface area (Å²) in [5.74, 6) is 1.82. The molecule has 0 radical (unpaired) electrons. The Kier molecular flexibility index (Phi) is 5.82. The van der Waals surface area contributed by atoms with E-state index in [4.69, 9.17) is 16.0 Å². The van der Waals surface area contributed by atoms with Crippen molar-refractivity contribution in [3.63, 3.8) is 0 Å². The maximum atomic E-state index is 6.09. The lowest BCUT2D eigenvalue weighted by Crippen LogP contribution is -2.01. The first-order valence-corrected chi connectivity index (χ1v) is 12.0. The molecule has 1 atom stereocenters. The molecule has 5 rings (SSSR count). The zero-order valence-electron chi connectivity index (χ0n) is 17.3. The summed E-state index contributed by atoms with van der Waals surface area (Å²) in [6, 6.07) is 19.8. The highest BCUT2D eigenvalue weighted by Crippen LogP contribution is 2.37. The van der Waals surface area contributed by atoms with Gasteiger partial charge in [0, 0.05) is 16.3 Å². The first-order chi connectivity index (χ1) is 15.6. The van der Waals surface area contributed by atoms with E-state index in [0.717, 1.165) is 32.7 Å². The van der Waals surface area contributed by atoms with E-state index >= 15 is 0 Å². The Morgan fingerprint density at radius 2 is 1.84 bits per heavy atom. The van der Waals surface area contributed by atoms with Crippen molar-refractivity contribution in [2.75, 3.05) is 0 Å². The molecule has 0 aliphatic rings. The van der Waals surface area contributed by atoms with Crippen LogP contribution in [-0.4, -0.2) is 25.0 Å². The van der Waals surface area contributed by atoms with Crippen molar-refractivity contribution >= 4 is 34.7 Å². The van der Waals surface area contributed by atoms with Gasteiger partial charge in [0.25, 0.3) is 5.89 Å². The second-order valence-corrected chi connectivity index (χ2v) is 9.86. The van der Waals surface area contributed by atoms with Crippen LogP contribution in [-0.2, 0) is 0 Å². The summed E-state index contributed by atoms with van der Waals surface area (Å²) in [6.45, 7) is 4.09. The number of benzene rings is 2. The number of aromatic nitrogens is 5. The number of halogens is 1. The van der Waals surface area contributed by atoms with E-state index in [1.165, 1.54) is 11.8 Å². The van der Waals surface area contributed by atoms with Gasteiger partial charge in [-0.05, 0) is 67.3 Å². The van der Waals surface area contributed by atoms with Gasteiger partial charge in [0.2, 0.25) is 5.89 Å². The van der Waals surface area contributed by atoms with E-state index in [2.05, 4.69) is 39.5 Å². The molecule has 2 aromatic carbocycles. The number of hydrogen-bond donors (Lipinski definition) is 0. The largest absolute Gasteiger partial charge is 0.419 e. The second kappa shape index (κ2) is 8.90. The van der Waals surface area contributed by atoms with Crippen LogP contribution < -0.4 is 0 Å². The summed E-state index contributed by atoms with van der Waals surface area (Å²) in [5.41, 5.74) is 3.07. The summed E-state index contributed by atoms with van der Waals surface area (Å²) in [6.07, 6.45) is 0. The van der Waals surface area contributed by atoms with Gasteiger partial charge in [0.15, 0.2) is 11.0 Å². The molecule has 9 heteroatoms. The molecule has 3 heterocycles. The number of nitrogens with zero attached hydrogens (tertiary/aromatic N) is 5. The molecule has 0 aliphatic carbocycles. The predicted molar refractivity (Wildman–Crippen MR) is 128 cm³/mol. The van der Waals surface area contributed by atoms with Crippen molar-refractivity contribution < 1.29 is 4.42 Å². The Morgan fingerprint density at radius 1 is 1.00 bits per heavy atom. The van der Waals surface area contributed by atoms with Crippen molar-refractivity contribution in [2.24, 2.45) is 0 Å². The van der Waals surface area contributed by atoms with Crippen LogP contribution in [0.25, 0.3) is 27.8 Å². The van der Waals surface area contributed by atoms with Gasteiger partial charge in [-0.25, -0.2) is 0 Å². The molecule has 0 aliphatic heterocycles. The minimum absolute atomic E-state index is 0.109. The van der Waals surface area contributed by atoms with Crippen molar-refractivity contribution in [1.29, 1.82) is 0 Å². The Labute approximate surface area is 198 Å². The number of thioether (sulfide) groups is 1. The van der Waals surface area contributed by atoms with E-state index in [1.807, 2.05) is 65.4 Å². The average molecular weight is 480 g/mol. The Bertz CT molecular complexity index is 1350. The SMILES string of the molecule is Cc1cccc(-n2c(SC(C)c3nnc(-c4cccs4)o3)nnc2-c2ccc(Cl)cc2)c1. The molecule has 0 spiro atoms. The molecule has 1 unspecified atom stereocenters. The van der Waals surface area contributed by atoms with Gasteiger partial charge in [-0.3, -0.25) is 4.57 Å². The molecular weight excluding hydrogens is 462 g/mol. The van der Waals surface area contributed by atoms with Gasteiger partial charge in [-0.2, -0.15) is 0 Å². The van der Waals surface area contributed by atoms with E-state index in [9.17, 15) is 0 Å². The molecule has 3 aromatic heterocycles. The lowest BCUT2D eigenvalue weighted by atomic mass is 10.2. The van der Waals surface area contributed by atoms with Crippen LogP contribution in [0.1, 0.15) is 23.6 Å². The third-order valence-electron chi connectivity index (χ3n) is 4.80. The van der Waals surface area contributed by atoms with E-state index in [-0.39, 0.29) is 5.25 Å². The van der Waals surface area contributed by atoms with Crippen molar-refractivity contribution in [1.82, 2.24) is 25.0 Å². The summed E-state index contributed by atoms with van der Waals surface area (Å²) >= 11 is 9.18. The maximum absolute atomic E-state index is 6.09. The zero-order valence-corrected chi connectivity index (χ0v) is 19.7. The first-order valence-electron chi connectivity index (χ1n) is 9.91. The van der Waals surface area contributed by atoms with Gasteiger partial charge < -0.3 is 4.42 Å². The highest BCUT2D eigenvalue weighted by molar-refractivity contribution is 7.99. The quantitative estimate of drug-likeness (QED) is 0.248. The summed E-state index contributed by atoms with van der Waals surface area (Å²) in [7, 11) is 0. The fraction of sp³-hybridized carbons (Fsp3) is 0.130. The normalized spacial score (nSPS) is 12.2. The van der Waals surface area contributed by atoms with Crippen molar-refractivity contribution in [3.8, 4) is 27.8 Å². The van der Waals surface area contributed by atoms with Gasteiger partial charge in [0.05, 0.1) is 10.1 Å². The number of hydrogen-bond acceptors (Lipinski definition) is 7. The highest BCUT2D eigenvalue weighted by atomic mass is 35.5. The number of rotatable bonds is 6. The van der Waals surface area contributed by atoms with Crippen LogP contribution in [0, 0.1) is 6.92 Å². The molecule has 0 fully saturated rings. The predicted octanol–water partition coefficient (Wildman–Crippen LogP) is 6.86. The van der Waals surface area contributed by atoms with Gasteiger partial charge in [0.1, 0.15) is 0 Å². The minimum Gasteiger partial charge on any atom is -0.419 e. The smallest absolute Gasteiger partial charge is 0.257 e. The molecule has 6 nitrogen and oxygen atoms in total. The molecule has 0 saturated heterocycles. The van der Waals surface area contributed by atoms with E-state index in [1.54, 1.807) is 11.3 Å². The van der Waals surface area contributed by atoms with Crippen molar-refractivity contribution in [2.45, 2.75) is 24.3 Å². The molecule has 5 aromatic rings. The topological polar surface area (TPSA) is 69.6 Å². The Morgan fingerprint density at radius 3 is 2.59 bits per heavy atom. The van der Waals surface area contributed by atoms with Crippen LogP contribution in [0.3, 0.4) is 0 Å². The molecule has 0 bridgehead atoms. The summed E-state index contributed by atoms with van der Waals surface area (Å²) in [5, 5.41) is 20.7. The van der Waals surface area contributed by atoms with E-state index < -0.39 is 0 Å². The minimum atomic E-state index is -0.109. The lowest BCUT2D eigenvalue weighted by Gasteiger charge is -2.12. The van der Waals surface area contributed by atoms with Crippen LogP contribution in [0.4, 0.5) is 0 Å². The number of thiophene rings is 1. The lowest BCUT2D eigenvalue weighted by molar-refractivity contribution is 0.510. The van der Waals surface area contributed by atoms with Gasteiger partial charge in [-0.15, -0.1) is 31.7 Å². The maximum Gasteiger partial charge on any atom is 0.257 e. The monoisotopic (exact) mass is 479 g/mol. The molecule has 0 N–H and O–H groups in total. The zero-order chi connectivity index (χ0) is 22.1. The third kappa shape index (κ3) is 4.21. The van der Waals surface area contributed by atoms with Crippen LogP contribution in [0.2, 0.25) is 5.02 Å². The number of aryl methyl sites for hydroxylation is 1. The molecular formula is C23H18ClN5OS2. The van der Waals surface area contributed by atoms with Crippen LogP contribution in [0.5, 0.6) is 0 Å². The molecule has 160 valence electrons. The van der Waals surface area contributed by atoms with Gasteiger partial charge >= 0.3 is 0 Å². The molecule has 0 saturated carbocycles. The fourth-order valence-electron chi connectivity index (χ4n) is 3.24.